The summed E-state index contributed by atoms with van der Waals surface area (Å²) in [4.78, 5) is 32.7. The Balaban J connectivity index is 1.58. The summed E-state index contributed by atoms with van der Waals surface area (Å²) < 4.78 is 20.8. The van der Waals surface area contributed by atoms with Crippen molar-refractivity contribution >= 4 is 40.9 Å². The molecule has 0 N–H and O–H groups in total. The number of amides is 2. The predicted octanol–water partition coefficient (Wildman–Crippen LogP) is 7.33. The van der Waals surface area contributed by atoms with Gasteiger partial charge in [0.05, 0.1) is 5.69 Å². The molecular formula is C31H40Cl2FN3O3. The van der Waals surface area contributed by atoms with E-state index >= 15 is 4.39 Å². The molecule has 0 saturated carbocycles. The number of nitrogens with zero attached hydrogens (tertiary/aromatic N) is 3. The summed E-state index contributed by atoms with van der Waals surface area (Å²) in [5.74, 6) is -0.136. The lowest BCUT2D eigenvalue weighted by molar-refractivity contribution is -0.136. The number of benzene rings is 2. The molecule has 2 aromatic rings. The Labute approximate surface area is 247 Å². The number of para-hydroxylation sites is 1. The minimum absolute atomic E-state index is 0.150. The topological polar surface area (TPSA) is 53.1 Å². The van der Waals surface area contributed by atoms with E-state index in [0.717, 1.165) is 11.1 Å². The molecule has 2 aliphatic rings. The fourth-order valence-corrected chi connectivity index (χ4v) is 6.23. The van der Waals surface area contributed by atoms with Crippen molar-refractivity contribution in [3.8, 4) is 0 Å². The Kier molecular flexibility index (Phi) is 9.25. The molecule has 9 heteroatoms. The molecule has 2 fully saturated rings. The van der Waals surface area contributed by atoms with E-state index in [9.17, 15) is 9.59 Å². The summed E-state index contributed by atoms with van der Waals surface area (Å²) in [5, 5.41) is 0.978. The summed E-state index contributed by atoms with van der Waals surface area (Å²) in [7, 11) is 0. The van der Waals surface area contributed by atoms with E-state index in [4.69, 9.17) is 27.9 Å². The van der Waals surface area contributed by atoms with Crippen molar-refractivity contribution in [1.82, 2.24) is 9.80 Å². The normalized spacial score (nSPS) is 20.7. The van der Waals surface area contributed by atoms with Gasteiger partial charge in [-0.2, -0.15) is 0 Å². The monoisotopic (exact) mass is 591 g/mol. The second-order valence-electron chi connectivity index (χ2n) is 12.2. The Morgan fingerprint density at radius 3 is 2.27 bits per heavy atom. The largest absolute Gasteiger partial charge is 0.444 e. The van der Waals surface area contributed by atoms with Gasteiger partial charge in [0.2, 0.25) is 5.91 Å². The number of hydrogen-bond acceptors (Lipinski definition) is 4. The van der Waals surface area contributed by atoms with Crippen molar-refractivity contribution in [3.63, 3.8) is 0 Å². The number of halogens is 3. The minimum atomic E-state index is -0.759. The summed E-state index contributed by atoms with van der Waals surface area (Å²) in [6, 6.07) is 9.76. The summed E-state index contributed by atoms with van der Waals surface area (Å²) in [6.07, 6.45) is 0.0542. The molecule has 6 nitrogen and oxygen atoms in total. The Morgan fingerprint density at radius 1 is 1.00 bits per heavy atom. The van der Waals surface area contributed by atoms with Gasteiger partial charge in [0, 0.05) is 48.7 Å². The lowest BCUT2D eigenvalue weighted by Crippen LogP contribution is -2.56. The number of carbonyl (C=O) groups excluding carboxylic acids is 2. The summed E-state index contributed by atoms with van der Waals surface area (Å²) in [6.45, 7) is 14.0. The highest BCUT2D eigenvalue weighted by molar-refractivity contribution is 6.35. The molecule has 4 rings (SSSR count). The molecule has 3 atom stereocenters. The van der Waals surface area contributed by atoms with Crippen LogP contribution in [-0.2, 0) is 9.53 Å². The Bertz CT molecular complexity index is 1240. The van der Waals surface area contributed by atoms with Crippen LogP contribution in [0.4, 0.5) is 14.9 Å². The van der Waals surface area contributed by atoms with Gasteiger partial charge < -0.3 is 14.5 Å². The molecule has 2 saturated heterocycles. The first-order valence-corrected chi connectivity index (χ1v) is 14.8. The number of rotatable bonds is 5. The van der Waals surface area contributed by atoms with Gasteiger partial charge in [-0.1, -0.05) is 62.2 Å². The highest BCUT2D eigenvalue weighted by atomic mass is 35.5. The van der Waals surface area contributed by atoms with E-state index in [-0.39, 0.29) is 23.6 Å². The summed E-state index contributed by atoms with van der Waals surface area (Å²) >= 11 is 12.7. The van der Waals surface area contributed by atoms with Crippen LogP contribution in [0.25, 0.3) is 0 Å². The summed E-state index contributed by atoms with van der Waals surface area (Å²) in [5.41, 5.74) is 1.70. The van der Waals surface area contributed by atoms with E-state index in [1.165, 1.54) is 11.0 Å². The lowest BCUT2D eigenvalue weighted by Gasteiger charge is -2.40. The van der Waals surface area contributed by atoms with Crippen LogP contribution in [0.2, 0.25) is 10.0 Å². The van der Waals surface area contributed by atoms with Crippen LogP contribution in [0.1, 0.15) is 70.9 Å². The van der Waals surface area contributed by atoms with Crippen molar-refractivity contribution in [2.45, 2.75) is 71.4 Å². The van der Waals surface area contributed by atoms with Gasteiger partial charge in [0.15, 0.2) is 0 Å². The molecule has 0 aromatic heterocycles. The maximum Gasteiger partial charge on any atom is 0.410 e. The van der Waals surface area contributed by atoms with Crippen LogP contribution in [0, 0.1) is 11.7 Å². The lowest BCUT2D eigenvalue weighted by atomic mass is 9.88. The van der Waals surface area contributed by atoms with Gasteiger partial charge in [0.25, 0.3) is 0 Å². The van der Waals surface area contributed by atoms with Gasteiger partial charge in [-0.05, 0) is 68.4 Å². The van der Waals surface area contributed by atoms with Crippen molar-refractivity contribution < 1.29 is 18.7 Å². The van der Waals surface area contributed by atoms with E-state index < -0.39 is 17.7 Å². The van der Waals surface area contributed by atoms with E-state index in [1.54, 1.807) is 23.1 Å². The predicted molar refractivity (Wildman–Crippen MR) is 159 cm³/mol. The van der Waals surface area contributed by atoms with E-state index in [0.29, 0.717) is 60.8 Å². The van der Waals surface area contributed by atoms with E-state index in [2.05, 4.69) is 20.8 Å². The fourth-order valence-electron chi connectivity index (χ4n) is 5.68. The standard InChI is InChI=1S/C31H40Cl2FN3O3/c1-19(2)20(3)22-8-7-9-26(34)27(22)35-14-16-36(17-15-35)29(38)28-24(23-11-10-21(32)18-25(23)33)12-13-37(28)30(39)40-31(4,5)6/h7-11,18-20,24,28H,12-17H2,1-6H3/t20-,24?,28?/m0/s1. The zero-order chi connectivity index (χ0) is 29.4. The molecule has 2 aromatic carbocycles. The van der Waals surface area contributed by atoms with E-state index in [1.807, 2.05) is 37.8 Å². The first kappa shape index (κ1) is 30.4. The third-order valence-corrected chi connectivity index (χ3v) is 8.62. The zero-order valence-corrected chi connectivity index (χ0v) is 25.7. The van der Waals surface area contributed by atoms with Gasteiger partial charge >= 0.3 is 6.09 Å². The first-order valence-electron chi connectivity index (χ1n) is 14.0. The molecule has 2 unspecified atom stereocenters. The molecule has 0 aliphatic carbocycles. The third kappa shape index (κ3) is 6.52. The second-order valence-corrected chi connectivity index (χ2v) is 13.0. The molecule has 2 amide bonds. The fraction of sp³-hybridized carbons (Fsp3) is 0.548. The second kappa shape index (κ2) is 12.2. The quantitative estimate of drug-likeness (QED) is 0.365. The average molecular weight is 593 g/mol. The zero-order valence-electron chi connectivity index (χ0n) is 24.2. The smallest absolute Gasteiger partial charge is 0.410 e. The molecule has 218 valence electrons. The molecule has 0 spiro atoms. The van der Waals surface area contributed by atoms with Crippen LogP contribution in [0.5, 0.6) is 0 Å². The Hall–Kier alpha value is -2.51. The number of carbonyl (C=O) groups is 2. The number of likely N-dealkylation sites (tertiary alicyclic amines) is 1. The van der Waals surface area contributed by atoms with Gasteiger partial charge in [-0.3, -0.25) is 9.69 Å². The van der Waals surface area contributed by atoms with Gasteiger partial charge in [-0.25, -0.2) is 9.18 Å². The molecule has 2 heterocycles. The van der Waals surface area contributed by atoms with Crippen molar-refractivity contribution in [2.75, 3.05) is 37.6 Å². The molecule has 2 aliphatic heterocycles. The maximum absolute atomic E-state index is 15.1. The molecule has 40 heavy (non-hydrogen) atoms. The highest BCUT2D eigenvalue weighted by Gasteiger charge is 2.46. The van der Waals surface area contributed by atoms with Gasteiger partial charge in [0.1, 0.15) is 17.5 Å². The van der Waals surface area contributed by atoms with Crippen molar-refractivity contribution in [3.05, 3.63) is 63.4 Å². The third-order valence-electron chi connectivity index (χ3n) is 8.06. The van der Waals surface area contributed by atoms with Crippen molar-refractivity contribution in [1.29, 1.82) is 0 Å². The first-order chi connectivity index (χ1) is 18.8. The van der Waals surface area contributed by atoms with Crippen LogP contribution in [0.3, 0.4) is 0 Å². The minimum Gasteiger partial charge on any atom is -0.444 e. The number of anilines is 1. The van der Waals surface area contributed by atoms with Crippen LogP contribution < -0.4 is 4.90 Å². The van der Waals surface area contributed by atoms with Crippen molar-refractivity contribution in [2.24, 2.45) is 5.92 Å². The molecular weight excluding hydrogens is 552 g/mol. The molecule has 0 bridgehead atoms. The van der Waals surface area contributed by atoms with Crippen LogP contribution >= 0.6 is 23.2 Å². The molecule has 0 radical (unpaired) electrons. The number of ether oxygens (including phenoxy) is 1. The van der Waals surface area contributed by atoms with Crippen LogP contribution in [0.15, 0.2) is 36.4 Å². The van der Waals surface area contributed by atoms with Gasteiger partial charge in [-0.15, -0.1) is 0 Å². The maximum atomic E-state index is 15.1. The Morgan fingerprint density at radius 2 is 1.68 bits per heavy atom. The number of piperazine rings is 1. The van der Waals surface area contributed by atoms with Crippen LogP contribution in [-0.4, -0.2) is 66.2 Å². The SMILES string of the molecule is CC(C)[C@H](C)c1cccc(F)c1N1CCN(C(=O)C2C(c3ccc(Cl)cc3Cl)CCN2C(=O)OC(C)(C)C)CC1. The number of hydrogen-bond donors (Lipinski definition) is 0. The average Bonchev–Trinajstić information content (AvgIpc) is 3.32. The highest BCUT2D eigenvalue weighted by Crippen LogP contribution is 2.40.